The minimum atomic E-state index is -0.457. The minimum absolute atomic E-state index is 0.193. The van der Waals surface area contributed by atoms with Gasteiger partial charge in [0.1, 0.15) is 4.88 Å². The normalized spacial score (nSPS) is 11.9. The summed E-state index contributed by atoms with van der Waals surface area (Å²) in [6.45, 7) is -0.256. The van der Waals surface area contributed by atoms with E-state index < -0.39 is 5.97 Å². The molecule has 0 radical (unpaired) electrons. The van der Waals surface area contributed by atoms with Crippen LogP contribution in [0.25, 0.3) is 21.2 Å². The molecule has 0 bridgehead atoms. The molecule has 136 valence electrons. The molecule has 0 saturated heterocycles. The molecule has 1 aliphatic rings. The summed E-state index contributed by atoms with van der Waals surface area (Å²) in [4.78, 5) is 25.4. The van der Waals surface area contributed by atoms with E-state index in [1.54, 1.807) is 6.07 Å². The van der Waals surface area contributed by atoms with Crippen LogP contribution < -0.4 is 0 Å². The second kappa shape index (κ2) is 6.73. The Labute approximate surface area is 166 Å². The number of carbonyl (C=O) groups is 2. The summed E-state index contributed by atoms with van der Waals surface area (Å²) in [6, 6.07) is 23.6. The summed E-state index contributed by atoms with van der Waals surface area (Å²) < 4.78 is 6.31. The van der Waals surface area contributed by atoms with Crippen molar-refractivity contribution in [2.45, 2.75) is 6.42 Å². The summed E-state index contributed by atoms with van der Waals surface area (Å²) in [5, 5.41) is 1.00. The van der Waals surface area contributed by atoms with E-state index in [-0.39, 0.29) is 12.4 Å². The van der Waals surface area contributed by atoms with Gasteiger partial charge in [0.25, 0.3) is 0 Å². The van der Waals surface area contributed by atoms with E-state index in [1.807, 2.05) is 54.6 Å². The van der Waals surface area contributed by atoms with Crippen LogP contribution in [0.15, 0.2) is 72.8 Å². The average Bonchev–Trinajstić information content (AvgIpc) is 3.32. The van der Waals surface area contributed by atoms with Crippen molar-refractivity contribution in [3.05, 3.63) is 94.4 Å². The molecule has 0 N–H and O–H groups in total. The van der Waals surface area contributed by atoms with Crippen molar-refractivity contribution >= 4 is 33.2 Å². The van der Waals surface area contributed by atoms with E-state index >= 15 is 0 Å². The fourth-order valence-electron chi connectivity index (χ4n) is 3.67. The number of esters is 1. The zero-order chi connectivity index (χ0) is 19.1. The van der Waals surface area contributed by atoms with Crippen LogP contribution in [0, 0.1) is 0 Å². The Bertz CT molecular complexity index is 1200. The van der Waals surface area contributed by atoms with Crippen molar-refractivity contribution in [3.63, 3.8) is 0 Å². The number of hydrogen-bond donors (Lipinski definition) is 0. The standard InChI is InChI=1S/C24H16O3S/c25-21(14-27-24(26)23-13-18-6-2-4-8-22(18)28-23)17-10-9-16-11-15-5-1-3-7-19(15)20(16)12-17/h1-10,12-13H,11,14H2. The van der Waals surface area contributed by atoms with E-state index in [0.717, 1.165) is 22.1 Å². The van der Waals surface area contributed by atoms with E-state index in [2.05, 4.69) is 12.1 Å². The van der Waals surface area contributed by atoms with Crippen molar-refractivity contribution in [2.75, 3.05) is 6.61 Å². The van der Waals surface area contributed by atoms with Gasteiger partial charge >= 0.3 is 5.97 Å². The first-order valence-electron chi connectivity index (χ1n) is 9.09. The van der Waals surface area contributed by atoms with E-state index in [4.69, 9.17) is 4.74 Å². The van der Waals surface area contributed by atoms with Gasteiger partial charge in [0.2, 0.25) is 0 Å². The lowest BCUT2D eigenvalue weighted by molar-refractivity contribution is 0.0479. The molecule has 5 rings (SSSR count). The molecule has 1 aromatic heterocycles. The molecule has 3 aromatic carbocycles. The maximum Gasteiger partial charge on any atom is 0.348 e. The number of rotatable bonds is 4. The average molecular weight is 384 g/mol. The van der Waals surface area contributed by atoms with Gasteiger partial charge in [0.05, 0.1) is 0 Å². The Hall–Kier alpha value is -3.24. The largest absolute Gasteiger partial charge is 0.453 e. The first kappa shape index (κ1) is 16.9. The molecule has 28 heavy (non-hydrogen) atoms. The van der Waals surface area contributed by atoms with Crippen LogP contribution in [0.5, 0.6) is 0 Å². The van der Waals surface area contributed by atoms with Gasteiger partial charge in [0.15, 0.2) is 12.4 Å². The third-order valence-corrected chi connectivity index (χ3v) is 6.18. The Kier molecular flexibility index (Phi) is 4.06. The van der Waals surface area contributed by atoms with Gasteiger partial charge < -0.3 is 4.74 Å². The summed E-state index contributed by atoms with van der Waals surface area (Å²) in [5.74, 6) is -0.650. The van der Waals surface area contributed by atoms with E-state index in [9.17, 15) is 9.59 Å². The fraction of sp³-hybridized carbons (Fsp3) is 0.0833. The van der Waals surface area contributed by atoms with Crippen LogP contribution in [0.3, 0.4) is 0 Å². The Morgan fingerprint density at radius 2 is 1.64 bits per heavy atom. The highest BCUT2D eigenvalue weighted by atomic mass is 32.1. The molecule has 0 aliphatic heterocycles. The van der Waals surface area contributed by atoms with Crippen LogP contribution in [0.4, 0.5) is 0 Å². The summed E-state index contributed by atoms with van der Waals surface area (Å²) in [6.07, 6.45) is 0.890. The quantitative estimate of drug-likeness (QED) is 0.303. The highest BCUT2D eigenvalue weighted by Crippen LogP contribution is 2.36. The van der Waals surface area contributed by atoms with Crippen LogP contribution in [0.1, 0.15) is 31.2 Å². The number of carbonyl (C=O) groups excluding carboxylic acids is 2. The first-order valence-corrected chi connectivity index (χ1v) is 9.91. The van der Waals surface area contributed by atoms with Gasteiger partial charge in [-0.3, -0.25) is 4.79 Å². The minimum Gasteiger partial charge on any atom is -0.453 e. The number of hydrogen-bond acceptors (Lipinski definition) is 4. The third kappa shape index (κ3) is 2.92. The van der Waals surface area contributed by atoms with Crippen molar-refractivity contribution in [3.8, 4) is 11.1 Å². The van der Waals surface area contributed by atoms with Gasteiger partial charge in [-0.05, 0) is 52.3 Å². The zero-order valence-corrected chi connectivity index (χ0v) is 15.8. The molecule has 1 aliphatic carbocycles. The lowest BCUT2D eigenvalue weighted by Crippen LogP contribution is -2.13. The molecular formula is C24H16O3S. The van der Waals surface area contributed by atoms with Crippen LogP contribution in [-0.4, -0.2) is 18.4 Å². The zero-order valence-electron chi connectivity index (χ0n) is 15.0. The molecular weight excluding hydrogens is 368 g/mol. The number of Topliss-reactive ketones (excluding diaryl/α,β-unsaturated/α-hetero) is 1. The summed E-state index contributed by atoms with van der Waals surface area (Å²) in [7, 11) is 0. The fourth-order valence-corrected chi connectivity index (χ4v) is 4.62. The molecule has 0 amide bonds. The van der Waals surface area contributed by atoms with Crippen molar-refractivity contribution in [1.82, 2.24) is 0 Å². The maximum absolute atomic E-state index is 12.6. The van der Waals surface area contributed by atoms with Gasteiger partial charge in [-0.2, -0.15) is 0 Å². The van der Waals surface area contributed by atoms with Crippen molar-refractivity contribution in [2.24, 2.45) is 0 Å². The smallest absolute Gasteiger partial charge is 0.348 e. The molecule has 3 nitrogen and oxygen atoms in total. The maximum atomic E-state index is 12.6. The third-order valence-electron chi connectivity index (χ3n) is 5.08. The van der Waals surface area contributed by atoms with Crippen LogP contribution in [0.2, 0.25) is 0 Å². The number of ketones is 1. The Balaban J connectivity index is 1.32. The number of ether oxygens (including phenoxy) is 1. The lowest BCUT2D eigenvalue weighted by atomic mass is 10.0. The first-order chi connectivity index (χ1) is 13.7. The monoisotopic (exact) mass is 384 g/mol. The highest BCUT2D eigenvalue weighted by molar-refractivity contribution is 7.20. The summed E-state index contributed by atoms with van der Waals surface area (Å²) in [5.41, 5.74) is 5.34. The molecule has 0 saturated carbocycles. The molecule has 0 spiro atoms. The Morgan fingerprint density at radius 3 is 2.54 bits per heavy atom. The molecule has 1 heterocycles. The number of benzene rings is 3. The van der Waals surface area contributed by atoms with Gasteiger partial charge in [-0.1, -0.05) is 54.6 Å². The number of fused-ring (bicyclic) bond motifs is 4. The second-order valence-corrected chi connectivity index (χ2v) is 7.94. The summed E-state index contributed by atoms with van der Waals surface area (Å²) >= 11 is 1.38. The number of thiophene rings is 1. The van der Waals surface area contributed by atoms with E-state index in [0.29, 0.717) is 10.4 Å². The van der Waals surface area contributed by atoms with Crippen molar-refractivity contribution in [1.29, 1.82) is 0 Å². The second-order valence-electron chi connectivity index (χ2n) is 6.85. The van der Waals surface area contributed by atoms with E-state index in [1.165, 1.54) is 28.0 Å². The highest BCUT2D eigenvalue weighted by Gasteiger charge is 2.20. The van der Waals surface area contributed by atoms with Gasteiger partial charge in [-0.15, -0.1) is 11.3 Å². The van der Waals surface area contributed by atoms with Gasteiger partial charge in [0, 0.05) is 10.3 Å². The molecule has 0 atom stereocenters. The van der Waals surface area contributed by atoms with Crippen LogP contribution >= 0.6 is 11.3 Å². The lowest BCUT2D eigenvalue weighted by Gasteiger charge is -2.06. The Morgan fingerprint density at radius 1 is 0.857 bits per heavy atom. The molecule has 0 unspecified atom stereocenters. The molecule has 4 aromatic rings. The molecule has 4 heteroatoms. The topological polar surface area (TPSA) is 43.4 Å². The van der Waals surface area contributed by atoms with Gasteiger partial charge in [-0.25, -0.2) is 4.79 Å². The van der Waals surface area contributed by atoms with Crippen LogP contribution in [-0.2, 0) is 11.2 Å². The molecule has 0 fully saturated rings. The predicted octanol–water partition coefficient (Wildman–Crippen LogP) is 5.51. The van der Waals surface area contributed by atoms with Crippen molar-refractivity contribution < 1.29 is 14.3 Å². The SMILES string of the molecule is O=C(COC(=O)c1cc2ccccc2s1)c1ccc2c(c1)-c1ccccc1C2. The predicted molar refractivity (Wildman–Crippen MR) is 111 cm³/mol.